The summed E-state index contributed by atoms with van der Waals surface area (Å²) in [6, 6.07) is 5.24. The lowest BCUT2D eigenvalue weighted by atomic mass is 10.1. The van der Waals surface area contributed by atoms with Gasteiger partial charge in [-0.2, -0.15) is 0 Å². The number of nitrogens with one attached hydrogen (secondary N) is 1. The van der Waals surface area contributed by atoms with Crippen molar-refractivity contribution in [2.75, 3.05) is 0 Å². The molecule has 6 heteroatoms. The first-order valence-electron chi connectivity index (χ1n) is 5.48. The molecule has 4 N–H and O–H groups in total. The Hall–Kier alpha value is -1.56. The highest BCUT2D eigenvalue weighted by molar-refractivity contribution is 9.10. The number of amidine groups is 1. The summed E-state index contributed by atoms with van der Waals surface area (Å²) in [6.45, 7) is 3.66. The Morgan fingerprint density at radius 1 is 1.61 bits per heavy atom. The zero-order chi connectivity index (χ0) is 13.7. The Morgan fingerprint density at radius 3 is 2.89 bits per heavy atom. The quantitative estimate of drug-likeness (QED) is 0.344. The number of benzene rings is 1. The zero-order valence-electron chi connectivity index (χ0n) is 10.3. The number of rotatable bonds is 4. The first-order valence-corrected chi connectivity index (χ1v) is 6.27. The summed E-state index contributed by atoms with van der Waals surface area (Å²) in [5.41, 5.74) is 6.87. The van der Waals surface area contributed by atoms with Gasteiger partial charge in [-0.25, -0.2) is 0 Å². The first-order chi connectivity index (χ1) is 8.45. The molecule has 0 radical (unpaired) electrons. The molecule has 0 aromatic heterocycles. The van der Waals surface area contributed by atoms with E-state index < -0.39 is 0 Å². The molecule has 1 unspecified atom stereocenters. The van der Waals surface area contributed by atoms with Crippen LogP contribution in [0.3, 0.4) is 0 Å². The molecule has 18 heavy (non-hydrogen) atoms. The van der Waals surface area contributed by atoms with Crippen molar-refractivity contribution < 1.29 is 10.0 Å². The highest BCUT2D eigenvalue weighted by Gasteiger charge is 2.14. The fourth-order valence-electron chi connectivity index (χ4n) is 1.56. The molecule has 0 heterocycles. The highest BCUT2D eigenvalue weighted by Crippen LogP contribution is 2.19. The van der Waals surface area contributed by atoms with Crippen molar-refractivity contribution >= 4 is 27.7 Å². The van der Waals surface area contributed by atoms with Crippen LogP contribution in [0.25, 0.3) is 0 Å². The van der Waals surface area contributed by atoms with Crippen molar-refractivity contribution in [3.63, 3.8) is 0 Å². The number of nitrogens with two attached hydrogens (primary N) is 1. The first kappa shape index (κ1) is 14.5. The van der Waals surface area contributed by atoms with Crippen LogP contribution in [0.2, 0.25) is 0 Å². The lowest BCUT2D eigenvalue weighted by Crippen LogP contribution is -2.36. The van der Waals surface area contributed by atoms with Crippen LogP contribution in [0.1, 0.15) is 29.3 Å². The van der Waals surface area contributed by atoms with Gasteiger partial charge < -0.3 is 16.3 Å². The number of hydrogen-bond donors (Lipinski definition) is 3. The van der Waals surface area contributed by atoms with Crippen molar-refractivity contribution in [3.8, 4) is 0 Å². The van der Waals surface area contributed by atoms with E-state index in [1.54, 1.807) is 19.1 Å². The topological polar surface area (TPSA) is 87.7 Å². The van der Waals surface area contributed by atoms with Gasteiger partial charge in [-0.3, -0.25) is 4.79 Å². The fraction of sp³-hybridized carbons (Fsp3) is 0.333. The molecule has 5 nitrogen and oxygen atoms in total. The Labute approximate surface area is 114 Å². The van der Waals surface area contributed by atoms with Gasteiger partial charge in [0.05, 0.1) is 0 Å². The second-order valence-corrected chi connectivity index (χ2v) is 4.94. The Morgan fingerprint density at radius 2 is 2.28 bits per heavy atom. The SMILES string of the molecule is Cc1c(Br)cccc1C(=O)NC(C)CC(N)=NO. The van der Waals surface area contributed by atoms with Crippen LogP contribution in [-0.2, 0) is 0 Å². The predicted octanol–water partition coefficient (Wildman–Crippen LogP) is 2.01. The van der Waals surface area contributed by atoms with Crippen molar-refractivity contribution in [2.24, 2.45) is 10.9 Å². The van der Waals surface area contributed by atoms with E-state index >= 15 is 0 Å². The number of nitrogens with zero attached hydrogens (tertiary/aromatic N) is 1. The molecular formula is C12H16BrN3O2. The average molecular weight is 314 g/mol. The van der Waals surface area contributed by atoms with Crippen LogP contribution < -0.4 is 11.1 Å². The summed E-state index contributed by atoms with van der Waals surface area (Å²) in [5, 5.41) is 14.1. The second-order valence-electron chi connectivity index (χ2n) is 4.08. The van der Waals surface area contributed by atoms with E-state index in [9.17, 15) is 4.79 Å². The molecule has 0 spiro atoms. The largest absolute Gasteiger partial charge is 0.409 e. The molecular weight excluding hydrogens is 298 g/mol. The van der Waals surface area contributed by atoms with E-state index in [-0.39, 0.29) is 17.8 Å². The third kappa shape index (κ3) is 3.73. The smallest absolute Gasteiger partial charge is 0.251 e. The Bertz CT molecular complexity index is 474. The minimum absolute atomic E-state index is 0.0914. The monoisotopic (exact) mass is 313 g/mol. The van der Waals surface area contributed by atoms with Crippen molar-refractivity contribution in [3.05, 3.63) is 33.8 Å². The normalized spacial score (nSPS) is 13.2. The van der Waals surface area contributed by atoms with E-state index in [0.717, 1.165) is 10.0 Å². The lowest BCUT2D eigenvalue weighted by molar-refractivity contribution is 0.0940. The number of amides is 1. The third-order valence-electron chi connectivity index (χ3n) is 2.53. The summed E-state index contributed by atoms with van der Waals surface area (Å²) in [4.78, 5) is 12.0. The molecule has 0 saturated carbocycles. The van der Waals surface area contributed by atoms with Crippen molar-refractivity contribution in [2.45, 2.75) is 26.3 Å². The molecule has 0 fully saturated rings. The summed E-state index contributed by atoms with van der Waals surface area (Å²) in [6.07, 6.45) is 0.301. The maximum Gasteiger partial charge on any atom is 0.251 e. The third-order valence-corrected chi connectivity index (χ3v) is 3.39. The van der Waals surface area contributed by atoms with Gasteiger partial charge in [0.25, 0.3) is 5.91 Å². The van der Waals surface area contributed by atoms with E-state index in [1.807, 2.05) is 13.0 Å². The minimum atomic E-state index is -0.202. The van der Waals surface area contributed by atoms with E-state index in [2.05, 4.69) is 26.4 Å². The van der Waals surface area contributed by atoms with Crippen LogP contribution in [0, 0.1) is 6.92 Å². The van der Waals surface area contributed by atoms with E-state index in [4.69, 9.17) is 10.9 Å². The van der Waals surface area contributed by atoms with Gasteiger partial charge in [0.15, 0.2) is 0 Å². The number of oxime groups is 1. The summed E-state index contributed by atoms with van der Waals surface area (Å²) in [7, 11) is 0. The predicted molar refractivity (Wildman–Crippen MR) is 73.8 cm³/mol. The highest BCUT2D eigenvalue weighted by atomic mass is 79.9. The van der Waals surface area contributed by atoms with Gasteiger partial charge in [-0.1, -0.05) is 27.2 Å². The minimum Gasteiger partial charge on any atom is -0.409 e. The fourth-order valence-corrected chi connectivity index (χ4v) is 1.93. The van der Waals surface area contributed by atoms with Crippen LogP contribution in [-0.4, -0.2) is 23.0 Å². The number of carbonyl (C=O) groups excluding carboxylic acids is 1. The lowest BCUT2D eigenvalue weighted by Gasteiger charge is -2.14. The maximum absolute atomic E-state index is 12.0. The molecule has 98 valence electrons. The molecule has 0 aliphatic carbocycles. The Kier molecular flexibility index (Phi) is 5.15. The number of hydrogen-bond acceptors (Lipinski definition) is 3. The van der Waals surface area contributed by atoms with Crippen LogP contribution >= 0.6 is 15.9 Å². The van der Waals surface area contributed by atoms with Gasteiger partial charge >= 0.3 is 0 Å². The van der Waals surface area contributed by atoms with Crippen molar-refractivity contribution in [1.29, 1.82) is 0 Å². The van der Waals surface area contributed by atoms with E-state index in [0.29, 0.717) is 12.0 Å². The molecule has 1 aromatic rings. The van der Waals surface area contributed by atoms with Crippen LogP contribution in [0.5, 0.6) is 0 Å². The molecule has 0 aliphatic heterocycles. The molecule has 0 aliphatic rings. The van der Waals surface area contributed by atoms with Crippen molar-refractivity contribution in [1.82, 2.24) is 5.32 Å². The van der Waals surface area contributed by atoms with Crippen LogP contribution in [0.4, 0.5) is 0 Å². The van der Waals surface area contributed by atoms with Gasteiger partial charge in [0.2, 0.25) is 0 Å². The number of halogens is 1. The number of carbonyl (C=O) groups is 1. The molecule has 1 atom stereocenters. The zero-order valence-corrected chi connectivity index (χ0v) is 11.9. The van der Waals surface area contributed by atoms with Gasteiger partial charge in [-0.05, 0) is 31.5 Å². The molecule has 0 bridgehead atoms. The van der Waals surface area contributed by atoms with E-state index in [1.165, 1.54) is 0 Å². The summed E-state index contributed by atoms with van der Waals surface area (Å²) in [5.74, 6) is -0.0826. The molecule has 1 rings (SSSR count). The summed E-state index contributed by atoms with van der Waals surface area (Å²) >= 11 is 3.38. The standard InChI is InChI=1S/C12H16BrN3O2/c1-7(6-11(14)16-18)15-12(17)9-4-3-5-10(13)8(9)2/h3-5,7,18H,6H2,1-2H3,(H2,14,16)(H,15,17). The molecule has 1 amide bonds. The molecule has 0 saturated heterocycles. The van der Waals surface area contributed by atoms with Gasteiger partial charge in [-0.15, -0.1) is 0 Å². The van der Waals surface area contributed by atoms with Gasteiger partial charge in [0, 0.05) is 22.5 Å². The Balaban J connectivity index is 2.74. The maximum atomic E-state index is 12.0. The van der Waals surface area contributed by atoms with Gasteiger partial charge in [0.1, 0.15) is 5.84 Å². The molecule has 1 aromatic carbocycles. The average Bonchev–Trinajstić information content (AvgIpc) is 2.32. The van der Waals surface area contributed by atoms with Crippen LogP contribution in [0.15, 0.2) is 27.8 Å². The summed E-state index contributed by atoms with van der Waals surface area (Å²) < 4.78 is 0.888. The second kappa shape index (κ2) is 6.39.